The molecule has 0 atom stereocenters. The average Bonchev–Trinajstić information content (AvgIpc) is 2.99. The Morgan fingerprint density at radius 3 is 2.59 bits per heavy atom. The van der Waals surface area contributed by atoms with Crippen molar-refractivity contribution in [2.24, 2.45) is 4.99 Å². The van der Waals surface area contributed by atoms with Crippen molar-refractivity contribution in [1.29, 1.82) is 0 Å². The maximum Gasteiger partial charge on any atom is 0.194 e. The molecule has 0 saturated carbocycles. The summed E-state index contributed by atoms with van der Waals surface area (Å²) in [7, 11) is 0. The maximum atomic E-state index is 14.0. The van der Waals surface area contributed by atoms with Crippen LogP contribution in [0.25, 0.3) is 0 Å². The second-order valence-corrected chi connectivity index (χ2v) is 6.54. The molecule has 0 radical (unpaired) electrons. The summed E-state index contributed by atoms with van der Waals surface area (Å²) in [5, 5.41) is 7.26. The fourth-order valence-corrected chi connectivity index (χ4v) is 3.19. The third-order valence-corrected chi connectivity index (χ3v) is 4.73. The van der Waals surface area contributed by atoms with Crippen molar-refractivity contribution in [3.05, 3.63) is 46.9 Å². The van der Waals surface area contributed by atoms with Crippen LogP contribution in [0.3, 0.4) is 0 Å². The number of aromatic nitrogens is 1. The van der Waals surface area contributed by atoms with Crippen LogP contribution in [0.2, 0.25) is 0 Å². The van der Waals surface area contributed by atoms with Crippen LogP contribution < -0.4 is 10.2 Å². The lowest BCUT2D eigenvalue weighted by Crippen LogP contribution is -2.52. The molecular formula is C19H25F2N5O. The standard InChI is InChI=1S/C19H25F2N5O/c1-4-22-19(23-12-16-13(2)24-27-14(16)3)26-9-7-25(8-10-26)18-11-15(20)5-6-17(18)21/h5-6,11H,4,7-10,12H2,1-3H3,(H,22,23). The molecule has 1 aromatic carbocycles. The topological polar surface area (TPSA) is 56.9 Å². The molecule has 1 aromatic heterocycles. The van der Waals surface area contributed by atoms with Gasteiger partial charge in [0.2, 0.25) is 0 Å². The van der Waals surface area contributed by atoms with E-state index < -0.39 is 11.6 Å². The van der Waals surface area contributed by atoms with Crippen LogP contribution in [0, 0.1) is 25.5 Å². The Balaban J connectivity index is 1.68. The van der Waals surface area contributed by atoms with Gasteiger partial charge in [-0.2, -0.15) is 0 Å². The summed E-state index contributed by atoms with van der Waals surface area (Å²) >= 11 is 0. The van der Waals surface area contributed by atoms with Crippen molar-refractivity contribution in [3.63, 3.8) is 0 Å². The molecule has 1 N–H and O–H groups in total. The summed E-state index contributed by atoms with van der Waals surface area (Å²) in [4.78, 5) is 8.71. The van der Waals surface area contributed by atoms with E-state index in [9.17, 15) is 8.78 Å². The van der Waals surface area contributed by atoms with E-state index >= 15 is 0 Å². The SMILES string of the molecule is CCNC(=NCc1c(C)noc1C)N1CCN(c2cc(F)ccc2F)CC1. The molecule has 1 saturated heterocycles. The number of hydrogen-bond donors (Lipinski definition) is 1. The number of nitrogens with one attached hydrogen (secondary N) is 1. The van der Waals surface area contributed by atoms with Gasteiger partial charge in [-0.05, 0) is 32.9 Å². The van der Waals surface area contributed by atoms with Gasteiger partial charge in [0.1, 0.15) is 17.4 Å². The Bertz CT molecular complexity index is 793. The molecule has 0 spiro atoms. The quantitative estimate of drug-likeness (QED) is 0.656. The lowest BCUT2D eigenvalue weighted by molar-refractivity contribution is 0.370. The van der Waals surface area contributed by atoms with Gasteiger partial charge in [0.05, 0.1) is 17.9 Å². The summed E-state index contributed by atoms with van der Waals surface area (Å²) in [6, 6.07) is 3.56. The van der Waals surface area contributed by atoms with Crippen molar-refractivity contribution in [3.8, 4) is 0 Å². The highest BCUT2D eigenvalue weighted by atomic mass is 19.1. The van der Waals surface area contributed by atoms with E-state index in [1.165, 1.54) is 12.1 Å². The zero-order valence-corrected chi connectivity index (χ0v) is 15.9. The zero-order valence-electron chi connectivity index (χ0n) is 15.9. The van der Waals surface area contributed by atoms with Crippen molar-refractivity contribution in [1.82, 2.24) is 15.4 Å². The minimum absolute atomic E-state index is 0.312. The van der Waals surface area contributed by atoms with Crippen LogP contribution in [0.4, 0.5) is 14.5 Å². The number of halogens is 2. The summed E-state index contributed by atoms with van der Waals surface area (Å²) in [5.41, 5.74) is 2.15. The van der Waals surface area contributed by atoms with Gasteiger partial charge >= 0.3 is 0 Å². The van der Waals surface area contributed by atoms with Gasteiger partial charge in [-0.25, -0.2) is 13.8 Å². The van der Waals surface area contributed by atoms with E-state index in [1.807, 2.05) is 25.7 Å². The number of piperazine rings is 1. The summed E-state index contributed by atoms with van der Waals surface area (Å²) in [6.07, 6.45) is 0. The van der Waals surface area contributed by atoms with Gasteiger partial charge in [0.25, 0.3) is 0 Å². The van der Waals surface area contributed by atoms with Gasteiger partial charge in [-0.1, -0.05) is 5.16 Å². The first-order chi connectivity index (χ1) is 13.0. The first kappa shape index (κ1) is 19.1. The van der Waals surface area contributed by atoms with Gasteiger partial charge in [-0.15, -0.1) is 0 Å². The maximum absolute atomic E-state index is 14.0. The lowest BCUT2D eigenvalue weighted by atomic mass is 10.2. The predicted octanol–water partition coefficient (Wildman–Crippen LogP) is 2.86. The molecular weight excluding hydrogens is 352 g/mol. The number of anilines is 1. The van der Waals surface area contributed by atoms with Gasteiger partial charge in [-0.3, -0.25) is 0 Å². The van der Waals surface area contributed by atoms with Crippen molar-refractivity contribution < 1.29 is 13.3 Å². The molecule has 1 fully saturated rings. The van der Waals surface area contributed by atoms with Gasteiger partial charge in [0, 0.05) is 44.4 Å². The van der Waals surface area contributed by atoms with E-state index in [0.29, 0.717) is 38.4 Å². The molecule has 1 aliphatic heterocycles. The highest BCUT2D eigenvalue weighted by molar-refractivity contribution is 5.80. The summed E-state index contributed by atoms with van der Waals surface area (Å²) in [5.74, 6) is 0.752. The molecule has 8 heteroatoms. The number of guanidine groups is 1. The fraction of sp³-hybridized carbons (Fsp3) is 0.474. The molecule has 6 nitrogen and oxygen atoms in total. The first-order valence-corrected chi connectivity index (χ1v) is 9.14. The van der Waals surface area contributed by atoms with Crippen LogP contribution in [-0.4, -0.2) is 48.7 Å². The van der Waals surface area contributed by atoms with E-state index in [1.54, 1.807) is 0 Å². The van der Waals surface area contributed by atoms with Crippen molar-refractivity contribution in [2.45, 2.75) is 27.3 Å². The number of rotatable bonds is 4. The number of aryl methyl sites for hydroxylation is 2. The normalized spacial score (nSPS) is 15.4. The average molecular weight is 377 g/mol. The fourth-order valence-electron chi connectivity index (χ4n) is 3.19. The van der Waals surface area contributed by atoms with E-state index in [-0.39, 0.29) is 0 Å². The molecule has 0 unspecified atom stereocenters. The highest BCUT2D eigenvalue weighted by Gasteiger charge is 2.22. The highest BCUT2D eigenvalue weighted by Crippen LogP contribution is 2.22. The Kier molecular flexibility index (Phi) is 5.93. The van der Waals surface area contributed by atoms with E-state index in [2.05, 4.69) is 15.4 Å². The van der Waals surface area contributed by atoms with Gasteiger partial charge < -0.3 is 19.6 Å². The number of nitrogens with zero attached hydrogens (tertiary/aromatic N) is 4. The Hall–Kier alpha value is -2.64. The van der Waals surface area contributed by atoms with Gasteiger partial charge in [0.15, 0.2) is 5.96 Å². The molecule has 27 heavy (non-hydrogen) atoms. The largest absolute Gasteiger partial charge is 0.366 e. The predicted molar refractivity (Wildman–Crippen MR) is 101 cm³/mol. The number of benzene rings is 1. The van der Waals surface area contributed by atoms with E-state index in [4.69, 9.17) is 9.52 Å². The molecule has 2 heterocycles. The second kappa shape index (κ2) is 8.37. The Morgan fingerprint density at radius 2 is 1.96 bits per heavy atom. The van der Waals surface area contributed by atoms with Crippen molar-refractivity contribution >= 4 is 11.6 Å². The minimum Gasteiger partial charge on any atom is -0.366 e. The third kappa shape index (κ3) is 4.37. The van der Waals surface area contributed by atoms with Crippen LogP contribution >= 0.6 is 0 Å². The molecule has 0 amide bonds. The molecule has 146 valence electrons. The molecule has 3 rings (SSSR count). The molecule has 2 aromatic rings. The third-order valence-electron chi connectivity index (χ3n) is 4.73. The monoisotopic (exact) mass is 377 g/mol. The molecule has 1 aliphatic rings. The number of aliphatic imine (C=N–C) groups is 1. The summed E-state index contributed by atoms with van der Waals surface area (Å²) in [6.45, 7) is 9.56. The van der Waals surface area contributed by atoms with Crippen LogP contribution in [0.5, 0.6) is 0 Å². The zero-order chi connectivity index (χ0) is 19.4. The molecule has 0 bridgehead atoms. The first-order valence-electron chi connectivity index (χ1n) is 9.14. The summed E-state index contributed by atoms with van der Waals surface area (Å²) < 4.78 is 32.7. The van der Waals surface area contributed by atoms with Crippen LogP contribution in [0.15, 0.2) is 27.7 Å². The minimum atomic E-state index is -0.428. The van der Waals surface area contributed by atoms with Crippen molar-refractivity contribution in [2.75, 3.05) is 37.6 Å². The van der Waals surface area contributed by atoms with E-state index in [0.717, 1.165) is 35.6 Å². The Labute approximate surface area is 157 Å². The number of hydrogen-bond acceptors (Lipinski definition) is 4. The Morgan fingerprint density at radius 1 is 1.22 bits per heavy atom. The van der Waals surface area contributed by atoms with Crippen LogP contribution in [-0.2, 0) is 6.54 Å². The second-order valence-electron chi connectivity index (χ2n) is 6.54. The smallest absolute Gasteiger partial charge is 0.194 e. The van der Waals surface area contributed by atoms with Crippen LogP contribution in [0.1, 0.15) is 23.9 Å². The lowest BCUT2D eigenvalue weighted by Gasteiger charge is -2.37. The molecule has 0 aliphatic carbocycles.